The number of esters is 1. The summed E-state index contributed by atoms with van der Waals surface area (Å²) in [6.07, 6.45) is 6.97. The maximum atomic E-state index is 14.4. The number of anilines is 2. The zero-order valence-corrected chi connectivity index (χ0v) is 34.2. The van der Waals surface area contributed by atoms with E-state index in [4.69, 9.17) is 40.1 Å². The highest BCUT2D eigenvalue weighted by Crippen LogP contribution is 2.48. The Hall–Kier alpha value is -4.87. The lowest BCUT2D eigenvalue weighted by Crippen LogP contribution is -3.04. The second-order valence-corrected chi connectivity index (χ2v) is 18.4. The molecule has 5 atom stereocenters. The van der Waals surface area contributed by atoms with Crippen molar-refractivity contribution < 1.29 is 33.4 Å². The molecule has 2 bridgehead atoms. The normalized spacial score (nSPS) is 26.5. The molecule has 1 unspecified atom stereocenters. The lowest BCUT2D eigenvalue weighted by Gasteiger charge is -2.42. The average Bonchev–Trinajstić information content (AvgIpc) is 3.49. The van der Waals surface area contributed by atoms with E-state index in [1.54, 1.807) is 34.6 Å². The number of aromatic nitrogens is 2. The number of benzene rings is 1. The van der Waals surface area contributed by atoms with Gasteiger partial charge in [0, 0.05) is 71.4 Å². The van der Waals surface area contributed by atoms with Crippen LogP contribution in [-0.2, 0) is 39.4 Å². The fourth-order valence-electron chi connectivity index (χ4n) is 8.58. The highest BCUT2D eigenvalue weighted by atomic mass is 33.1. The second-order valence-electron chi connectivity index (χ2n) is 15.9. The van der Waals surface area contributed by atoms with E-state index >= 15 is 0 Å². The topological polar surface area (TPSA) is 205 Å². The van der Waals surface area contributed by atoms with E-state index in [0.29, 0.717) is 79.0 Å². The van der Waals surface area contributed by atoms with Gasteiger partial charge in [-0.25, -0.2) is 14.8 Å². The number of carbonyl (C=O) groups excluding carboxylic acids is 1. The molecule has 5 aliphatic heterocycles. The smallest absolute Gasteiger partial charge is 0.341 e. The van der Waals surface area contributed by atoms with Gasteiger partial charge in [-0.2, -0.15) is 0 Å². The van der Waals surface area contributed by atoms with Gasteiger partial charge in [-0.3, -0.25) is 14.7 Å². The Morgan fingerprint density at radius 1 is 1.09 bits per heavy atom. The van der Waals surface area contributed by atoms with Crippen molar-refractivity contribution in [1.82, 2.24) is 15.3 Å². The van der Waals surface area contributed by atoms with Crippen LogP contribution < -0.4 is 31.8 Å². The summed E-state index contributed by atoms with van der Waals surface area (Å²) in [4.78, 5) is 42.7. The second kappa shape index (κ2) is 15.1. The summed E-state index contributed by atoms with van der Waals surface area (Å²) in [6.45, 7) is 5.60. The molecule has 16 heteroatoms. The number of ether oxygens (including phenoxy) is 3. The van der Waals surface area contributed by atoms with E-state index in [1.165, 1.54) is 16.5 Å². The Kier molecular flexibility index (Phi) is 10.0. The molecule has 1 fully saturated rings. The van der Waals surface area contributed by atoms with Gasteiger partial charge in [0.2, 0.25) is 0 Å². The Morgan fingerprint density at radius 3 is 2.78 bits per heavy atom. The van der Waals surface area contributed by atoms with Crippen LogP contribution in [0.15, 0.2) is 68.1 Å². The Labute approximate surface area is 342 Å². The van der Waals surface area contributed by atoms with Crippen LogP contribution in [0.5, 0.6) is 11.5 Å². The SMILES string of the molecule is CNCC[C@]12O[C@@H]1CCc1cc(N)nc(c1)-c1cc(C[NH+]3C=C4N=CC=C4C3)nc(N)c1CSSCC[C@]1(C)Oc3cc4oc(C)cc(=O)c4c(O)c3C[C@H]1OC2=O. The molecule has 58 heavy (non-hydrogen) atoms. The van der Waals surface area contributed by atoms with Gasteiger partial charge in [-0.05, 0) is 70.1 Å². The molecule has 4 aromatic rings. The highest BCUT2D eigenvalue weighted by Gasteiger charge is 2.63. The molecule has 0 amide bonds. The van der Waals surface area contributed by atoms with Crippen LogP contribution >= 0.6 is 21.6 Å². The maximum absolute atomic E-state index is 14.4. The summed E-state index contributed by atoms with van der Waals surface area (Å²) in [5.74, 6) is 2.10. The third-order valence-corrected chi connectivity index (χ3v) is 14.1. The third kappa shape index (κ3) is 7.14. The number of hydrogen-bond acceptors (Lipinski definition) is 15. The molecule has 302 valence electrons. The highest BCUT2D eigenvalue weighted by molar-refractivity contribution is 8.76. The number of epoxide rings is 1. The molecule has 0 saturated carbocycles. The average molecular weight is 825 g/mol. The van der Waals surface area contributed by atoms with Gasteiger partial charge in [-0.15, -0.1) is 0 Å². The number of aromatic hydroxyl groups is 1. The van der Waals surface area contributed by atoms with E-state index < -0.39 is 29.4 Å². The first-order chi connectivity index (χ1) is 27.9. The number of aliphatic imine (C=N–C) groups is 1. The first-order valence-electron chi connectivity index (χ1n) is 19.5. The first-order valence-corrected chi connectivity index (χ1v) is 22.0. The van der Waals surface area contributed by atoms with Gasteiger partial charge in [0.15, 0.2) is 11.0 Å². The van der Waals surface area contributed by atoms with Crippen molar-refractivity contribution in [3.8, 4) is 22.8 Å². The Bertz CT molecular complexity index is 2510. The van der Waals surface area contributed by atoms with Crippen LogP contribution in [0.4, 0.5) is 11.6 Å². The number of nitrogens with two attached hydrogens (primary N) is 2. The fourth-order valence-corrected chi connectivity index (χ4v) is 10.9. The summed E-state index contributed by atoms with van der Waals surface area (Å²) < 4.78 is 25.3. The molecule has 14 nitrogen and oxygen atoms in total. The number of quaternary nitrogens is 1. The molecule has 1 aromatic carbocycles. The van der Waals surface area contributed by atoms with E-state index in [9.17, 15) is 14.7 Å². The Balaban J connectivity index is 1.06. The van der Waals surface area contributed by atoms with Crippen molar-refractivity contribution in [3.05, 3.63) is 92.2 Å². The number of phenols is 1. The van der Waals surface area contributed by atoms with Crippen LogP contribution in [0, 0.1) is 6.92 Å². The zero-order chi connectivity index (χ0) is 40.3. The molecule has 0 aliphatic carbocycles. The predicted octanol–water partition coefficient (Wildman–Crippen LogP) is 3.95. The monoisotopic (exact) mass is 824 g/mol. The maximum Gasteiger partial charge on any atom is 0.341 e. The van der Waals surface area contributed by atoms with Gasteiger partial charge >= 0.3 is 5.97 Å². The molecule has 9 rings (SSSR count). The molecule has 5 aliphatic rings. The molecule has 8 heterocycles. The van der Waals surface area contributed by atoms with E-state index in [0.717, 1.165) is 40.3 Å². The zero-order valence-electron chi connectivity index (χ0n) is 32.6. The van der Waals surface area contributed by atoms with Gasteiger partial charge in [0.1, 0.15) is 76.6 Å². The van der Waals surface area contributed by atoms with Crippen molar-refractivity contribution in [1.29, 1.82) is 0 Å². The van der Waals surface area contributed by atoms with Gasteiger partial charge < -0.3 is 40.5 Å². The minimum absolute atomic E-state index is 0.0662. The van der Waals surface area contributed by atoms with E-state index in [-0.39, 0.29) is 28.6 Å². The standard InChI is InChI=1S/C42H45N7O7S2/c1-22-12-31(50)37-33(53-22)17-32-27(38(37)51)16-35-41(2,55-32)8-11-57-58-21-28-26(15-25(47-39(28)44)19-49-18-24-6-9-46-30(24)20-49)29-13-23(14-36(43)48-29)4-5-34-42(56-34,7-10-45-3)40(52)54-35/h6,9,12-15,17,20,34-35,45,51H,4-5,7-8,10-11,16,18-19,21H2,1-3H3,(H2,43,48)(H2,44,47)/p+1/t34-,35-,41+,42+/m1/s1. The minimum Gasteiger partial charge on any atom is -0.507 e. The lowest BCUT2D eigenvalue weighted by molar-refractivity contribution is -0.852. The van der Waals surface area contributed by atoms with Crippen LogP contribution in [0.1, 0.15) is 54.3 Å². The number of aryl methyl sites for hydroxylation is 2. The molecular formula is C42H46N7O7S2+. The van der Waals surface area contributed by atoms with Crippen molar-refractivity contribution in [3.63, 3.8) is 0 Å². The summed E-state index contributed by atoms with van der Waals surface area (Å²) in [7, 11) is 5.12. The van der Waals surface area contributed by atoms with Gasteiger partial charge in [-0.1, -0.05) is 21.6 Å². The first kappa shape index (κ1) is 38.6. The largest absolute Gasteiger partial charge is 0.507 e. The van der Waals surface area contributed by atoms with Crippen LogP contribution in [0.3, 0.4) is 0 Å². The molecule has 0 spiro atoms. The number of fused-ring (bicyclic) bond motifs is 9. The van der Waals surface area contributed by atoms with E-state index in [2.05, 4.69) is 28.7 Å². The molecule has 0 radical (unpaired) electrons. The van der Waals surface area contributed by atoms with Crippen molar-refractivity contribution in [2.24, 2.45) is 4.99 Å². The van der Waals surface area contributed by atoms with Gasteiger partial charge in [0.05, 0.1) is 17.5 Å². The predicted molar refractivity (Wildman–Crippen MR) is 225 cm³/mol. The van der Waals surface area contributed by atoms with Crippen molar-refractivity contribution in [2.75, 3.05) is 37.4 Å². The number of nitrogens with one attached hydrogen (secondary N) is 2. The number of pyridine rings is 2. The van der Waals surface area contributed by atoms with Crippen LogP contribution in [-0.4, -0.2) is 76.6 Å². The molecule has 1 saturated heterocycles. The number of allylic oxidation sites excluding steroid dienone is 1. The summed E-state index contributed by atoms with van der Waals surface area (Å²) in [5.41, 5.74) is 17.9. The number of phenolic OH excluding ortho intramolecular Hbond substituents is 1. The summed E-state index contributed by atoms with van der Waals surface area (Å²) >= 11 is 0. The number of nitrogen functional groups attached to an aromatic ring is 2. The lowest BCUT2D eigenvalue weighted by atomic mass is 9.86. The number of carbonyl (C=O) groups is 1. The van der Waals surface area contributed by atoms with Crippen molar-refractivity contribution in [2.45, 2.75) is 81.7 Å². The quantitative estimate of drug-likeness (QED) is 0.110. The molecular weight excluding hydrogens is 779 g/mol. The van der Waals surface area contributed by atoms with Crippen molar-refractivity contribution >= 4 is 56.4 Å². The molecule has 3 aromatic heterocycles. The fraction of sp³-hybridized carbons (Fsp3) is 0.405. The number of rotatable bonds is 5. The van der Waals surface area contributed by atoms with Gasteiger partial charge in [0.25, 0.3) is 0 Å². The Morgan fingerprint density at radius 2 is 1.95 bits per heavy atom. The molecule has 7 N–H and O–H groups in total. The minimum atomic E-state index is -1.17. The number of nitrogens with zero attached hydrogens (tertiary/aromatic N) is 3. The summed E-state index contributed by atoms with van der Waals surface area (Å²) in [6, 6.07) is 8.99. The van der Waals surface area contributed by atoms with Crippen LogP contribution in [0.25, 0.3) is 22.2 Å². The number of hydrogen-bond donors (Lipinski definition) is 5. The third-order valence-electron chi connectivity index (χ3n) is 11.8. The summed E-state index contributed by atoms with van der Waals surface area (Å²) in [5, 5.41) is 14.7. The van der Waals surface area contributed by atoms with Crippen LogP contribution in [0.2, 0.25) is 0 Å². The van der Waals surface area contributed by atoms with E-state index in [1.807, 2.05) is 32.3 Å².